The lowest BCUT2D eigenvalue weighted by Gasteiger charge is -2.12. The van der Waals surface area contributed by atoms with Crippen LogP contribution in [-0.2, 0) is 20.9 Å². The molecule has 1 aliphatic heterocycles. The Kier molecular flexibility index (Phi) is 8.24. The number of carbonyl (C=O) groups excluding carboxylic acids is 2. The quantitative estimate of drug-likeness (QED) is 0.179. The summed E-state index contributed by atoms with van der Waals surface area (Å²) in [4.78, 5) is 28.0. The van der Waals surface area contributed by atoms with Crippen LogP contribution in [0.15, 0.2) is 71.4 Å². The zero-order valence-electron chi connectivity index (χ0n) is 17.8. The number of nitrogens with zero attached hydrogens (tertiary/aromatic N) is 1. The van der Waals surface area contributed by atoms with E-state index in [0.717, 1.165) is 27.6 Å². The lowest BCUT2D eigenvalue weighted by Crippen LogP contribution is -2.07. The van der Waals surface area contributed by atoms with Crippen molar-refractivity contribution in [3.05, 3.63) is 93.8 Å². The number of hydrogen-bond donors (Lipinski definition) is 1. The Bertz CT molecular complexity index is 1310. The van der Waals surface area contributed by atoms with Gasteiger partial charge in [-0.2, -0.15) is 0 Å². The van der Waals surface area contributed by atoms with Crippen molar-refractivity contribution in [1.29, 1.82) is 0 Å². The van der Waals surface area contributed by atoms with E-state index in [1.807, 2.05) is 24.3 Å². The van der Waals surface area contributed by atoms with Crippen molar-refractivity contribution in [1.82, 2.24) is 0 Å². The fourth-order valence-electron chi connectivity index (χ4n) is 3.16. The largest absolute Gasteiger partial charge is 0.487 e. The van der Waals surface area contributed by atoms with Gasteiger partial charge in [-0.15, -0.1) is 0 Å². The molecule has 0 aliphatic carbocycles. The van der Waals surface area contributed by atoms with Gasteiger partial charge >= 0.3 is 5.97 Å². The summed E-state index contributed by atoms with van der Waals surface area (Å²) in [6.45, 7) is 1.92. The van der Waals surface area contributed by atoms with Crippen LogP contribution in [0.2, 0.25) is 0 Å². The van der Waals surface area contributed by atoms with Crippen LogP contribution in [0.25, 0.3) is 6.08 Å². The Morgan fingerprint density at radius 2 is 1.71 bits per heavy atom. The van der Waals surface area contributed by atoms with Crippen molar-refractivity contribution in [3.8, 4) is 5.75 Å². The van der Waals surface area contributed by atoms with E-state index in [1.54, 1.807) is 30.3 Å². The molecule has 1 N–H and O–H groups in total. The summed E-state index contributed by atoms with van der Waals surface area (Å²) in [5.41, 5.74) is 3.48. The minimum absolute atomic E-state index is 0.155. The first-order chi connectivity index (χ1) is 16.3. The first-order valence-electron chi connectivity index (χ1n) is 10.1. The van der Waals surface area contributed by atoms with Crippen molar-refractivity contribution >= 4 is 97.3 Å². The third kappa shape index (κ3) is 6.16. The van der Waals surface area contributed by atoms with Crippen LogP contribution in [0.3, 0.4) is 0 Å². The SMILES string of the molecule is CC(=O)Nc1ccc(C2=N/C(=C\c3cc(I)c(OCc4ccccc4I)c(I)c3)C(=O)O2)cc1. The lowest BCUT2D eigenvalue weighted by atomic mass is 10.2. The molecule has 0 saturated heterocycles. The van der Waals surface area contributed by atoms with Crippen molar-refractivity contribution < 1.29 is 19.1 Å². The van der Waals surface area contributed by atoms with E-state index in [1.165, 1.54) is 6.92 Å². The summed E-state index contributed by atoms with van der Waals surface area (Å²) < 4.78 is 14.5. The maximum atomic E-state index is 12.4. The van der Waals surface area contributed by atoms with Crippen molar-refractivity contribution in [2.24, 2.45) is 4.99 Å². The van der Waals surface area contributed by atoms with Crippen molar-refractivity contribution in [2.45, 2.75) is 13.5 Å². The summed E-state index contributed by atoms with van der Waals surface area (Å²) in [5, 5.41) is 2.70. The Morgan fingerprint density at radius 3 is 2.35 bits per heavy atom. The Labute approximate surface area is 237 Å². The molecule has 1 aliphatic rings. The summed E-state index contributed by atoms with van der Waals surface area (Å²) >= 11 is 6.78. The van der Waals surface area contributed by atoms with Gasteiger partial charge in [-0.25, -0.2) is 9.79 Å². The number of rotatable bonds is 6. The van der Waals surface area contributed by atoms with Crippen LogP contribution in [0.1, 0.15) is 23.6 Å². The Balaban J connectivity index is 1.53. The van der Waals surface area contributed by atoms with Crippen molar-refractivity contribution in [2.75, 3.05) is 5.32 Å². The van der Waals surface area contributed by atoms with E-state index in [0.29, 0.717) is 17.9 Å². The predicted molar refractivity (Wildman–Crippen MR) is 157 cm³/mol. The molecule has 0 atom stereocenters. The highest BCUT2D eigenvalue weighted by molar-refractivity contribution is 14.1. The highest BCUT2D eigenvalue weighted by Gasteiger charge is 2.24. The van der Waals surface area contributed by atoms with Crippen molar-refractivity contribution in [3.63, 3.8) is 0 Å². The second kappa shape index (κ2) is 11.2. The molecule has 6 nitrogen and oxygen atoms in total. The number of aliphatic imine (C=N–C) groups is 1. The van der Waals surface area contributed by atoms with Gasteiger partial charge < -0.3 is 14.8 Å². The van der Waals surface area contributed by atoms with E-state index in [9.17, 15) is 9.59 Å². The molecule has 3 aromatic carbocycles. The minimum atomic E-state index is -0.509. The zero-order valence-corrected chi connectivity index (χ0v) is 24.2. The fraction of sp³-hybridized carbons (Fsp3) is 0.0800. The number of ether oxygens (including phenoxy) is 2. The predicted octanol–water partition coefficient (Wildman–Crippen LogP) is 6.38. The standard InChI is InChI=1S/C25H17I3N2O4/c1-14(31)29-18-8-6-16(7-9-18)24-30-22(25(32)34-24)12-15-10-20(27)23(21(28)11-15)33-13-17-4-2-3-5-19(17)26/h2-12H,13H2,1H3,(H,29,31)/b22-12-. The Morgan fingerprint density at radius 1 is 1.03 bits per heavy atom. The normalized spacial score (nSPS) is 14.1. The molecule has 1 heterocycles. The number of nitrogens with one attached hydrogen (secondary N) is 1. The molecule has 0 spiro atoms. The number of anilines is 1. The van der Waals surface area contributed by atoms with E-state index in [4.69, 9.17) is 9.47 Å². The van der Waals surface area contributed by atoms with Gasteiger partial charge in [0.05, 0.1) is 7.14 Å². The van der Waals surface area contributed by atoms with Gasteiger partial charge in [0.1, 0.15) is 12.4 Å². The van der Waals surface area contributed by atoms with Crippen LogP contribution in [0, 0.1) is 10.7 Å². The lowest BCUT2D eigenvalue weighted by molar-refractivity contribution is -0.129. The number of carbonyl (C=O) groups is 2. The minimum Gasteiger partial charge on any atom is -0.487 e. The number of cyclic esters (lactones) is 1. The molecule has 0 bridgehead atoms. The van der Waals surface area contributed by atoms with E-state index < -0.39 is 5.97 Å². The number of halogens is 3. The molecular weight excluding hydrogens is 773 g/mol. The van der Waals surface area contributed by atoms with Gasteiger partial charge in [-0.1, -0.05) is 18.2 Å². The molecule has 9 heteroatoms. The van der Waals surface area contributed by atoms with E-state index >= 15 is 0 Å². The maximum Gasteiger partial charge on any atom is 0.363 e. The molecule has 1 amide bonds. The monoisotopic (exact) mass is 790 g/mol. The molecular formula is C25H17I3N2O4. The van der Waals surface area contributed by atoms with E-state index in [-0.39, 0.29) is 17.5 Å². The van der Waals surface area contributed by atoms with Crippen LogP contribution in [0.5, 0.6) is 5.75 Å². The molecule has 0 aromatic heterocycles. The van der Waals surface area contributed by atoms with Gasteiger partial charge in [0, 0.05) is 27.3 Å². The fourth-order valence-corrected chi connectivity index (χ4v) is 5.83. The smallest absolute Gasteiger partial charge is 0.363 e. The van der Waals surface area contributed by atoms with Crippen LogP contribution in [-0.4, -0.2) is 17.8 Å². The summed E-state index contributed by atoms with van der Waals surface area (Å²) in [7, 11) is 0. The topological polar surface area (TPSA) is 77.0 Å². The third-order valence-electron chi connectivity index (χ3n) is 4.73. The third-order valence-corrected chi connectivity index (χ3v) is 7.38. The van der Waals surface area contributed by atoms with E-state index in [2.05, 4.69) is 90.2 Å². The molecule has 34 heavy (non-hydrogen) atoms. The molecule has 3 aromatic rings. The van der Waals surface area contributed by atoms with Gasteiger partial charge in [0.15, 0.2) is 5.70 Å². The molecule has 4 rings (SSSR count). The van der Waals surface area contributed by atoms with Crippen LogP contribution < -0.4 is 10.1 Å². The summed E-state index contributed by atoms with van der Waals surface area (Å²) in [5.74, 6) is 0.371. The van der Waals surface area contributed by atoms with Gasteiger partial charge in [-0.05, 0) is 122 Å². The number of amides is 1. The number of esters is 1. The summed E-state index contributed by atoms with van der Waals surface area (Å²) in [6, 6.07) is 18.9. The maximum absolute atomic E-state index is 12.4. The molecule has 0 radical (unpaired) electrons. The first-order valence-corrected chi connectivity index (χ1v) is 13.3. The number of benzene rings is 3. The van der Waals surface area contributed by atoms with Crippen LogP contribution >= 0.6 is 67.8 Å². The molecule has 172 valence electrons. The summed E-state index contributed by atoms with van der Waals surface area (Å²) in [6.07, 6.45) is 1.70. The highest BCUT2D eigenvalue weighted by Crippen LogP contribution is 2.31. The van der Waals surface area contributed by atoms with Crippen LogP contribution in [0.4, 0.5) is 5.69 Å². The molecule has 0 unspecified atom stereocenters. The Hall–Kier alpha value is -2.00. The molecule has 0 saturated carbocycles. The second-order valence-electron chi connectivity index (χ2n) is 7.29. The second-order valence-corrected chi connectivity index (χ2v) is 10.8. The molecule has 0 fully saturated rings. The van der Waals surface area contributed by atoms with Gasteiger partial charge in [0.25, 0.3) is 0 Å². The van der Waals surface area contributed by atoms with Gasteiger partial charge in [-0.3, -0.25) is 4.79 Å². The zero-order chi connectivity index (χ0) is 24.2. The number of hydrogen-bond acceptors (Lipinski definition) is 5. The first kappa shape index (κ1) is 25.1. The average molecular weight is 790 g/mol. The average Bonchev–Trinajstić information content (AvgIpc) is 3.14. The van der Waals surface area contributed by atoms with Gasteiger partial charge in [0.2, 0.25) is 11.8 Å². The highest BCUT2D eigenvalue weighted by atomic mass is 127.